The van der Waals surface area contributed by atoms with Crippen molar-refractivity contribution in [1.82, 2.24) is 4.98 Å². The second kappa shape index (κ2) is 4.75. The largest absolute Gasteiger partial charge is 0.477 e. The summed E-state index contributed by atoms with van der Waals surface area (Å²) in [4.78, 5) is 24.3. The molecule has 0 aromatic carbocycles. The van der Waals surface area contributed by atoms with Crippen molar-refractivity contribution in [3.63, 3.8) is 0 Å². The minimum atomic E-state index is -1.39. The summed E-state index contributed by atoms with van der Waals surface area (Å²) in [6.45, 7) is 0.0247. The molecule has 0 atom stereocenters. The van der Waals surface area contributed by atoms with E-state index in [2.05, 4.69) is 16.2 Å². The zero-order valence-corrected chi connectivity index (χ0v) is 8.01. The fraction of sp³-hybridized carbons (Fsp3) is 0.111. The molecule has 0 radical (unpaired) electrons. The number of aromatic nitrogens is 1. The van der Waals surface area contributed by atoms with E-state index >= 15 is 0 Å². The molecule has 16 heavy (non-hydrogen) atoms. The van der Waals surface area contributed by atoms with Crippen LogP contribution in [0, 0.1) is 22.5 Å². The lowest BCUT2D eigenvalue weighted by molar-refractivity contribution is -0.384. The number of nitrogens with zero attached hydrogens (tertiary/aromatic N) is 2. The van der Waals surface area contributed by atoms with Gasteiger partial charge in [-0.1, -0.05) is 5.92 Å². The smallest absolute Gasteiger partial charge is 0.342 e. The molecule has 0 aliphatic rings. The maximum absolute atomic E-state index is 10.8. The van der Waals surface area contributed by atoms with Crippen molar-refractivity contribution < 1.29 is 14.8 Å². The van der Waals surface area contributed by atoms with Crippen molar-refractivity contribution in [2.75, 3.05) is 11.9 Å². The number of nitrogens with one attached hydrogen (secondary N) is 1. The fourth-order valence-electron chi connectivity index (χ4n) is 1.08. The van der Waals surface area contributed by atoms with Crippen molar-refractivity contribution in [3.05, 3.63) is 27.9 Å². The van der Waals surface area contributed by atoms with Crippen LogP contribution in [0.2, 0.25) is 0 Å². The van der Waals surface area contributed by atoms with Gasteiger partial charge in [0.15, 0.2) is 0 Å². The molecule has 0 spiro atoms. The van der Waals surface area contributed by atoms with E-state index in [-0.39, 0.29) is 12.4 Å². The number of hydrogen-bond donors (Lipinski definition) is 2. The summed E-state index contributed by atoms with van der Waals surface area (Å²) in [5, 5.41) is 22.0. The van der Waals surface area contributed by atoms with Gasteiger partial charge in [-0.05, 0) is 6.07 Å². The van der Waals surface area contributed by atoms with Gasteiger partial charge in [0.05, 0.1) is 11.5 Å². The van der Waals surface area contributed by atoms with E-state index in [4.69, 9.17) is 11.5 Å². The first-order valence-electron chi connectivity index (χ1n) is 4.12. The highest BCUT2D eigenvalue weighted by Crippen LogP contribution is 2.25. The van der Waals surface area contributed by atoms with Crippen LogP contribution < -0.4 is 5.32 Å². The van der Waals surface area contributed by atoms with Crippen LogP contribution in [0.5, 0.6) is 0 Å². The summed E-state index contributed by atoms with van der Waals surface area (Å²) in [5.41, 5.74) is -1.02. The molecule has 0 saturated carbocycles. The molecule has 82 valence electrons. The average molecular weight is 221 g/mol. The molecule has 0 aliphatic heterocycles. The SMILES string of the molecule is C#CCNc1nccc(C(=O)O)c1[N+](=O)[O-]. The highest BCUT2D eigenvalue weighted by atomic mass is 16.6. The quantitative estimate of drug-likeness (QED) is 0.441. The van der Waals surface area contributed by atoms with E-state index < -0.39 is 22.1 Å². The maximum Gasteiger partial charge on any atom is 0.342 e. The number of hydrogen-bond acceptors (Lipinski definition) is 5. The number of aromatic carboxylic acids is 1. The first-order valence-corrected chi connectivity index (χ1v) is 4.12. The first-order chi connectivity index (χ1) is 7.57. The van der Waals surface area contributed by atoms with Crippen molar-refractivity contribution in [3.8, 4) is 12.3 Å². The third-order valence-electron chi connectivity index (χ3n) is 1.70. The molecule has 7 nitrogen and oxygen atoms in total. The topological polar surface area (TPSA) is 105 Å². The summed E-state index contributed by atoms with van der Waals surface area (Å²) < 4.78 is 0. The van der Waals surface area contributed by atoms with E-state index in [0.29, 0.717) is 0 Å². The van der Waals surface area contributed by atoms with Crippen molar-refractivity contribution in [1.29, 1.82) is 0 Å². The number of terminal acetylenes is 1. The molecule has 1 aromatic heterocycles. The van der Waals surface area contributed by atoms with Gasteiger partial charge in [-0.15, -0.1) is 6.42 Å². The summed E-state index contributed by atoms with van der Waals surface area (Å²) in [6.07, 6.45) is 6.14. The van der Waals surface area contributed by atoms with Gasteiger partial charge < -0.3 is 10.4 Å². The molecule has 7 heteroatoms. The van der Waals surface area contributed by atoms with Gasteiger partial charge in [-0.25, -0.2) is 9.78 Å². The van der Waals surface area contributed by atoms with E-state index in [1.54, 1.807) is 0 Å². The van der Waals surface area contributed by atoms with Crippen molar-refractivity contribution in [2.24, 2.45) is 0 Å². The lowest BCUT2D eigenvalue weighted by Crippen LogP contribution is -2.09. The monoisotopic (exact) mass is 221 g/mol. The third kappa shape index (κ3) is 2.24. The summed E-state index contributed by atoms with van der Waals surface area (Å²) in [5.74, 6) is 0.669. The minimum absolute atomic E-state index is 0.0247. The molecule has 1 rings (SSSR count). The van der Waals surface area contributed by atoms with Gasteiger partial charge >= 0.3 is 11.7 Å². The van der Waals surface area contributed by atoms with Gasteiger partial charge in [0.25, 0.3) is 0 Å². The summed E-state index contributed by atoms with van der Waals surface area (Å²) >= 11 is 0. The van der Waals surface area contributed by atoms with E-state index in [1.165, 1.54) is 0 Å². The predicted octanol–water partition coefficient (Wildman–Crippen LogP) is 0.733. The van der Waals surface area contributed by atoms with Gasteiger partial charge in [0, 0.05) is 6.20 Å². The fourth-order valence-corrected chi connectivity index (χ4v) is 1.08. The molecule has 0 amide bonds. The number of nitro groups is 1. The number of rotatable bonds is 4. The number of carboxylic acids is 1. The highest BCUT2D eigenvalue weighted by molar-refractivity contribution is 5.94. The Morgan fingerprint density at radius 2 is 2.44 bits per heavy atom. The highest BCUT2D eigenvalue weighted by Gasteiger charge is 2.25. The molecule has 0 saturated heterocycles. The molecule has 0 aliphatic carbocycles. The van der Waals surface area contributed by atoms with Crippen LogP contribution >= 0.6 is 0 Å². The van der Waals surface area contributed by atoms with Crippen LogP contribution in [0.15, 0.2) is 12.3 Å². The molecule has 1 heterocycles. The zero-order chi connectivity index (χ0) is 12.1. The Bertz CT molecular complexity index is 478. The Balaban J connectivity index is 3.28. The van der Waals surface area contributed by atoms with Gasteiger partial charge in [-0.2, -0.15) is 0 Å². The molecule has 0 fully saturated rings. The number of carbonyl (C=O) groups is 1. The Morgan fingerprint density at radius 1 is 1.75 bits per heavy atom. The first kappa shape index (κ1) is 11.5. The predicted molar refractivity (Wildman–Crippen MR) is 55.2 cm³/mol. The molecule has 2 N–H and O–H groups in total. The average Bonchev–Trinajstić information content (AvgIpc) is 2.25. The van der Waals surface area contributed by atoms with Gasteiger partial charge in [0.2, 0.25) is 5.82 Å². The molecular weight excluding hydrogens is 214 g/mol. The standard InChI is InChI=1S/C9H7N3O4/c1-2-4-10-8-7(12(15)16)6(9(13)14)3-5-11-8/h1,3,5H,4H2,(H,10,11)(H,13,14). The molecular formula is C9H7N3O4. The normalized spacial score (nSPS) is 9.19. The Morgan fingerprint density at radius 3 is 2.94 bits per heavy atom. The van der Waals surface area contributed by atoms with E-state index in [0.717, 1.165) is 12.3 Å². The van der Waals surface area contributed by atoms with Crippen LogP contribution in [0.3, 0.4) is 0 Å². The van der Waals surface area contributed by atoms with Gasteiger partial charge in [-0.3, -0.25) is 10.1 Å². The van der Waals surface area contributed by atoms with Crippen LogP contribution in [-0.4, -0.2) is 27.5 Å². The molecule has 1 aromatic rings. The molecule has 0 bridgehead atoms. The third-order valence-corrected chi connectivity index (χ3v) is 1.70. The number of anilines is 1. The van der Waals surface area contributed by atoms with Gasteiger partial charge in [0.1, 0.15) is 5.56 Å². The Labute approximate surface area is 90.3 Å². The van der Waals surface area contributed by atoms with Crippen molar-refractivity contribution in [2.45, 2.75) is 0 Å². The second-order valence-corrected chi connectivity index (χ2v) is 2.68. The summed E-state index contributed by atoms with van der Waals surface area (Å²) in [6, 6.07) is 1.06. The molecule has 0 unspecified atom stereocenters. The van der Waals surface area contributed by atoms with Crippen LogP contribution in [0.25, 0.3) is 0 Å². The van der Waals surface area contributed by atoms with E-state index in [9.17, 15) is 14.9 Å². The van der Waals surface area contributed by atoms with Crippen LogP contribution in [0.1, 0.15) is 10.4 Å². The Hall–Kier alpha value is -2.62. The lowest BCUT2D eigenvalue weighted by atomic mass is 10.2. The van der Waals surface area contributed by atoms with Crippen LogP contribution in [0.4, 0.5) is 11.5 Å². The number of pyridine rings is 1. The minimum Gasteiger partial charge on any atom is -0.477 e. The maximum atomic E-state index is 10.8. The Kier molecular flexibility index (Phi) is 3.40. The van der Waals surface area contributed by atoms with E-state index in [1.807, 2.05) is 0 Å². The van der Waals surface area contributed by atoms with Crippen molar-refractivity contribution >= 4 is 17.5 Å². The zero-order valence-electron chi connectivity index (χ0n) is 8.01. The lowest BCUT2D eigenvalue weighted by Gasteiger charge is -2.04. The van der Waals surface area contributed by atoms with Crippen LogP contribution in [-0.2, 0) is 0 Å². The second-order valence-electron chi connectivity index (χ2n) is 2.68. The number of carboxylic acid groups (broad SMARTS) is 1. The summed E-state index contributed by atoms with van der Waals surface area (Å²) in [7, 11) is 0.